The molecule has 21 heavy (non-hydrogen) atoms. The van der Waals surface area contributed by atoms with Crippen LogP contribution in [0.25, 0.3) is 0 Å². The van der Waals surface area contributed by atoms with E-state index >= 15 is 0 Å². The monoisotopic (exact) mass is 303 g/mol. The summed E-state index contributed by atoms with van der Waals surface area (Å²) < 4.78 is 5.56. The number of fused-ring (bicyclic) bond motifs is 1. The number of hydrogen-bond acceptors (Lipinski definition) is 2. The second-order valence-corrected chi connectivity index (χ2v) is 6.81. The van der Waals surface area contributed by atoms with Gasteiger partial charge in [-0.3, -0.25) is 4.79 Å². The minimum atomic E-state index is -0.0819. The zero-order chi connectivity index (χ0) is 15.0. The van der Waals surface area contributed by atoms with Crippen molar-refractivity contribution >= 4 is 17.5 Å². The fourth-order valence-corrected chi connectivity index (χ4v) is 3.07. The van der Waals surface area contributed by atoms with Crippen molar-refractivity contribution in [2.24, 2.45) is 5.41 Å². The van der Waals surface area contributed by atoms with Gasteiger partial charge in [0.2, 0.25) is 0 Å². The molecule has 3 rings (SSSR count). The highest BCUT2D eigenvalue weighted by molar-refractivity contribution is 6.30. The van der Waals surface area contributed by atoms with E-state index in [9.17, 15) is 4.79 Å². The van der Waals surface area contributed by atoms with Crippen LogP contribution in [0.15, 0.2) is 41.0 Å². The number of amides is 1. The van der Waals surface area contributed by atoms with Crippen LogP contribution in [0.2, 0.25) is 5.02 Å². The van der Waals surface area contributed by atoms with Crippen LogP contribution < -0.4 is 5.32 Å². The highest BCUT2D eigenvalue weighted by atomic mass is 35.5. The Balaban J connectivity index is 1.82. The molecular formula is C17H18ClNO2. The van der Waals surface area contributed by atoms with Gasteiger partial charge in [0.25, 0.3) is 5.91 Å². The predicted molar refractivity (Wildman–Crippen MR) is 82.5 cm³/mol. The van der Waals surface area contributed by atoms with Gasteiger partial charge in [0.15, 0.2) is 0 Å². The van der Waals surface area contributed by atoms with E-state index in [0.717, 1.165) is 24.2 Å². The Morgan fingerprint density at radius 1 is 1.29 bits per heavy atom. The van der Waals surface area contributed by atoms with Gasteiger partial charge in [0.05, 0.1) is 12.3 Å². The van der Waals surface area contributed by atoms with Gasteiger partial charge in [0.1, 0.15) is 5.76 Å². The molecule has 4 heteroatoms. The molecule has 1 atom stereocenters. The maximum absolute atomic E-state index is 12.4. The van der Waals surface area contributed by atoms with Gasteiger partial charge >= 0.3 is 0 Å². The van der Waals surface area contributed by atoms with Gasteiger partial charge in [-0.2, -0.15) is 0 Å². The maximum atomic E-state index is 12.4. The molecule has 1 aromatic heterocycles. The number of carbonyl (C=O) groups excluding carboxylic acids is 1. The molecule has 1 heterocycles. The molecule has 1 amide bonds. The molecule has 1 N–H and O–H groups in total. The summed E-state index contributed by atoms with van der Waals surface area (Å²) in [6.07, 6.45) is 3.51. The third-order valence-electron chi connectivity index (χ3n) is 3.96. The summed E-state index contributed by atoms with van der Waals surface area (Å²) in [4.78, 5) is 12.4. The molecule has 0 fully saturated rings. The summed E-state index contributed by atoms with van der Waals surface area (Å²) in [5.74, 6) is 0.897. The first-order valence-electron chi connectivity index (χ1n) is 7.07. The first-order valence-corrected chi connectivity index (χ1v) is 7.45. The van der Waals surface area contributed by atoms with Gasteiger partial charge in [0, 0.05) is 22.6 Å². The topological polar surface area (TPSA) is 42.2 Å². The minimum Gasteiger partial charge on any atom is -0.469 e. The average Bonchev–Trinajstić information content (AvgIpc) is 2.86. The predicted octanol–water partition coefficient (Wildman–Crippen LogP) is 4.38. The zero-order valence-electron chi connectivity index (χ0n) is 12.2. The van der Waals surface area contributed by atoms with Crippen molar-refractivity contribution in [3.8, 4) is 0 Å². The smallest absolute Gasteiger partial charge is 0.251 e. The fourth-order valence-electron chi connectivity index (χ4n) is 2.95. The molecule has 2 aromatic rings. The third-order valence-corrected chi connectivity index (χ3v) is 4.21. The van der Waals surface area contributed by atoms with Crippen molar-refractivity contribution in [1.29, 1.82) is 0 Å². The average molecular weight is 304 g/mol. The summed E-state index contributed by atoms with van der Waals surface area (Å²) in [6, 6.07) is 8.88. The van der Waals surface area contributed by atoms with Gasteiger partial charge in [-0.25, -0.2) is 0 Å². The van der Waals surface area contributed by atoms with Gasteiger partial charge in [-0.1, -0.05) is 25.4 Å². The largest absolute Gasteiger partial charge is 0.469 e. The lowest BCUT2D eigenvalue weighted by Crippen LogP contribution is -2.36. The number of rotatable bonds is 2. The molecule has 1 unspecified atom stereocenters. The van der Waals surface area contributed by atoms with E-state index in [2.05, 4.69) is 19.2 Å². The summed E-state index contributed by atoms with van der Waals surface area (Å²) in [5.41, 5.74) is 1.83. The first kappa shape index (κ1) is 14.2. The number of carbonyl (C=O) groups is 1. The van der Waals surface area contributed by atoms with Crippen LogP contribution in [-0.4, -0.2) is 5.91 Å². The Morgan fingerprint density at radius 2 is 2.00 bits per heavy atom. The van der Waals surface area contributed by atoms with E-state index in [0.29, 0.717) is 10.6 Å². The summed E-state index contributed by atoms with van der Waals surface area (Å²) in [5, 5.41) is 3.74. The Morgan fingerprint density at radius 3 is 2.71 bits per heavy atom. The van der Waals surface area contributed by atoms with E-state index in [-0.39, 0.29) is 17.4 Å². The van der Waals surface area contributed by atoms with E-state index in [1.165, 1.54) is 0 Å². The highest BCUT2D eigenvalue weighted by Crippen LogP contribution is 2.41. The molecule has 0 bridgehead atoms. The van der Waals surface area contributed by atoms with Gasteiger partial charge in [-0.05, 0) is 42.2 Å². The number of hydrogen-bond donors (Lipinski definition) is 1. The number of furan rings is 1. The molecule has 0 saturated carbocycles. The second kappa shape index (κ2) is 5.23. The van der Waals surface area contributed by atoms with Crippen LogP contribution in [0.3, 0.4) is 0 Å². The first-order chi connectivity index (χ1) is 9.94. The van der Waals surface area contributed by atoms with Crippen LogP contribution in [0.5, 0.6) is 0 Å². The number of benzene rings is 1. The third kappa shape index (κ3) is 2.98. The second-order valence-electron chi connectivity index (χ2n) is 6.38. The van der Waals surface area contributed by atoms with Crippen LogP contribution in [0.1, 0.15) is 48.0 Å². The van der Waals surface area contributed by atoms with E-state index in [1.54, 1.807) is 30.5 Å². The fraction of sp³-hybridized carbons (Fsp3) is 0.353. The van der Waals surface area contributed by atoms with Crippen LogP contribution >= 0.6 is 11.6 Å². The Hall–Kier alpha value is -1.74. The van der Waals surface area contributed by atoms with Crippen molar-refractivity contribution in [3.63, 3.8) is 0 Å². The summed E-state index contributed by atoms with van der Waals surface area (Å²) >= 11 is 5.85. The van der Waals surface area contributed by atoms with Crippen molar-refractivity contribution in [2.75, 3.05) is 0 Å². The SMILES string of the molecule is CC1(C)Cc2occc2C(NC(=O)c2ccc(Cl)cc2)C1. The lowest BCUT2D eigenvalue weighted by molar-refractivity contribution is 0.0917. The maximum Gasteiger partial charge on any atom is 0.251 e. The quantitative estimate of drug-likeness (QED) is 0.894. The minimum absolute atomic E-state index is 0.00863. The van der Waals surface area contributed by atoms with Crippen molar-refractivity contribution in [1.82, 2.24) is 5.32 Å². The molecule has 110 valence electrons. The van der Waals surface area contributed by atoms with Crippen molar-refractivity contribution < 1.29 is 9.21 Å². The van der Waals surface area contributed by atoms with Crippen molar-refractivity contribution in [3.05, 3.63) is 58.5 Å². The molecule has 1 aliphatic rings. The van der Waals surface area contributed by atoms with Crippen LogP contribution in [-0.2, 0) is 6.42 Å². The summed E-state index contributed by atoms with van der Waals surface area (Å²) in [6.45, 7) is 4.39. The van der Waals surface area contributed by atoms with Gasteiger partial charge in [-0.15, -0.1) is 0 Å². The Bertz CT molecular complexity index is 658. The zero-order valence-corrected chi connectivity index (χ0v) is 12.9. The Kier molecular flexibility index (Phi) is 3.54. The molecular weight excluding hydrogens is 286 g/mol. The molecule has 3 nitrogen and oxygen atoms in total. The van der Waals surface area contributed by atoms with Crippen LogP contribution in [0, 0.1) is 5.41 Å². The number of nitrogens with one attached hydrogen (secondary N) is 1. The standard InChI is InChI=1S/C17H18ClNO2/c1-17(2)9-14(13-7-8-21-15(13)10-17)19-16(20)11-3-5-12(18)6-4-11/h3-8,14H,9-10H2,1-2H3,(H,19,20). The van der Waals surface area contributed by atoms with Crippen LogP contribution in [0.4, 0.5) is 0 Å². The lowest BCUT2D eigenvalue weighted by Gasteiger charge is -2.34. The molecule has 0 spiro atoms. The van der Waals surface area contributed by atoms with E-state index in [1.807, 2.05) is 6.07 Å². The Labute approximate surface area is 129 Å². The van der Waals surface area contributed by atoms with Crippen molar-refractivity contribution in [2.45, 2.75) is 32.7 Å². The molecule has 1 aromatic carbocycles. The lowest BCUT2D eigenvalue weighted by atomic mass is 9.74. The number of halogens is 1. The van der Waals surface area contributed by atoms with E-state index in [4.69, 9.17) is 16.0 Å². The normalized spacial score (nSPS) is 19.9. The summed E-state index contributed by atoms with van der Waals surface area (Å²) in [7, 11) is 0. The molecule has 0 aliphatic heterocycles. The molecule has 0 radical (unpaired) electrons. The van der Waals surface area contributed by atoms with E-state index < -0.39 is 0 Å². The molecule has 0 saturated heterocycles. The van der Waals surface area contributed by atoms with Gasteiger partial charge < -0.3 is 9.73 Å². The highest BCUT2D eigenvalue weighted by Gasteiger charge is 2.35. The molecule has 1 aliphatic carbocycles.